The number of carbonyl (C=O) groups excluding carboxylic acids is 2. The third kappa shape index (κ3) is 3.54. The number of ether oxygens (including phenoxy) is 1. The number of amides is 2. The highest BCUT2D eigenvalue weighted by Gasteiger charge is 2.35. The van der Waals surface area contributed by atoms with E-state index in [4.69, 9.17) is 16.3 Å². The fourth-order valence-electron chi connectivity index (χ4n) is 2.41. The number of benzene rings is 2. The Labute approximate surface area is 158 Å². The predicted molar refractivity (Wildman–Crippen MR) is 97.6 cm³/mol. The average molecular weight is 394 g/mol. The van der Waals surface area contributed by atoms with Gasteiger partial charge in [-0.3, -0.25) is 14.5 Å². The fraction of sp³-hybridized carbons (Fsp3) is 0.111. The molecule has 0 bridgehead atoms. The van der Waals surface area contributed by atoms with Crippen LogP contribution in [-0.4, -0.2) is 28.3 Å². The highest BCUT2D eigenvalue weighted by atomic mass is 35.5. The van der Waals surface area contributed by atoms with Gasteiger partial charge in [0.15, 0.2) is 11.5 Å². The van der Waals surface area contributed by atoms with Gasteiger partial charge in [0.25, 0.3) is 11.1 Å². The number of hydrogen-bond acceptors (Lipinski definition) is 5. The third-order valence-corrected chi connectivity index (χ3v) is 5.01. The van der Waals surface area contributed by atoms with E-state index in [0.29, 0.717) is 5.56 Å². The quantitative estimate of drug-likeness (QED) is 0.778. The van der Waals surface area contributed by atoms with Crippen LogP contribution < -0.4 is 4.74 Å². The van der Waals surface area contributed by atoms with Crippen molar-refractivity contribution in [1.82, 2.24) is 4.90 Å². The molecule has 1 aliphatic heterocycles. The van der Waals surface area contributed by atoms with Crippen molar-refractivity contribution in [3.8, 4) is 11.5 Å². The van der Waals surface area contributed by atoms with Gasteiger partial charge in [-0.15, -0.1) is 0 Å². The number of thioether (sulfide) groups is 1. The number of carbonyl (C=O) groups is 2. The van der Waals surface area contributed by atoms with Crippen molar-refractivity contribution < 1.29 is 23.8 Å². The maximum atomic E-state index is 13.9. The van der Waals surface area contributed by atoms with E-state index in [2.05, 4.69) is 0 Å². The van der Waals surface area contributed by atoms with Crippen molar-refractivity contribution in [3.63, 3.8) is 0 Å². The van der Waals surface area contributed by atoms with Crippen LogP contribution in [0.5, 0.6) is 11.5 Å². The molecule has 0 saturated carbocycles. The fourth-order valence-corrected chi connectivity index (χ4v) is 3.47. The molecule has 2 amide bonds. The number of phenolic OH excluding ortho intramolecular Hbond substituents is 1. The van der Waals surface area contributed by atoms with Crippen LogP contribution in [-0.2, 0) is 11.3 Å². The number of methoxy groups -OCH3 is 1. The molecule has 2 aromatic rings. The molecule has 1 saturated heterocycles. The lowest BCUT2D eigenvalue weighted by Crippen LogP contribution is -2.28. The standard InChI is InChI=1S/C18H13ClFNO4S/c1-25-15-7-10(5-6-14(15)22)8-16-17(23)21(18(24)26-16)9-11-12(19)3-2-4-13(11)20/h2-8,22H,9H2,1H3/b16-8+. The second-order valence-corrected chi connectivity index (χ2v) is 6.80. The second-order valence-electron chi connectivity index (χ2n) is 5.40. The van der Waals surface area contributed by atoms with Crippen LogP contribution in [0.1, 0.15) is 11.1 Å². The van der Waals surface area contributed by atoms with Crippen molar-refractivity contribution in [2.75, 3.05) is 7.11 Å². The van der Waals surface area contributed by atoms with Crippen LogP contribution in [0.4, 0.5) is 9.18 Å². The number of nitrogens with zero attached hydrogens (tertiary/aromatic N) is 1. The highest BCUT2D eigenvalue weighted by molar-refractivity contribution is 8.18. The molecule has 5 nitrogen and oxygen atoms in total. The summed E-state index contributed by atoms with van der Waals surface area (Å²) in [6.07, 6.45) is 1.51. The maximum Gasteiger partial charge on any atom is 0.293 e. The van der Waals surface area contributed by atoms with Crippen molar-refractivity contribution in [2.24, 2.45) is 0 Å². The minimum Gasteiger partial charge on any atom is -0.504 e. The minimum atomic E-state index is -0.580. The first-order valence-corrected chi connectivity index (χ1v) is 8.65. The van der Waals surface area contributed by atoms with E-state index in [0.717, 1.165) is 16.7 Å². The van der Waals surface area contributed by atoms with Gasteiger partial charge in [-0.05, 0) is 47.7 Å². The molecule has 26 heavy (non-hydrogen) atoms. The molecular formula is C18H13ClFNO4S. The molecule has 8 heteroatoms. The Morgan fingerprint density at radius 2 is 2.08 bits per heavy atom. The summed E-state index contributed by atoms with van der Waals surface area (Å²) in [7, 11) is 1.41. The Hall–Kier alpha value is -2.51. The molecule has 0 spiro atoms. The van der Waals surface area contributed by atoms with Gasteiger partial charge in [0.05, 0.1) is 18.6 Å². The largest absolute Gasteiger partial charge is 0.504 e. The van der Waals surface area contributed by atoms with Crippen molar-refractivity contribution in [3.05, 3.63) is 63.3 Å². The van der Waals surface area contributed by atoms with E-state index in [9.17, 15) is 19.1 Å². The number of aromatic hydroxyl groups is 1. The van der Waals surface area contributed by atoms with Crippen LogP contribution >= 0.6 is 23.4 Å². The van der Waals surface area contributed by atoms with Gasteiger partial charge in [0, 0.05) is 10.6 Å². The molecule has 0 radical (unpaired) electrons. The zero-order valence-corrected chi connectivity index (χ0v) is 15.1. The summed E-state index contributed by atoms with van der Waals surface area (Å²) < 4.78 is 19.0. The predicted octanol–water partition coefficient (Wildman–Crippen LogP) is 4.43. The van der Waals surface area contributed by atoms with E-state index in [-0.39, 0.29) is 33.5 Å². The van der Waals surface area contributed by atoms with Crippen LogP contribution in [0.2, 0.25) is 5.02 Å². The Bertz CT molecular complexity index is 911. The zero-order valence-electron chi connectivity index (χ0n) is 13.5. The molecule has 3 rings (SSSR count). The Balaban J connectivity index is 1.87. The molecule has 0 aliphatic carbocycles. The van der Waals surface area contributed by atoms with E-state index in [1.54, 1.807) is 6.07 Å². The number of hydrogen-bond donors (Lipinski definition) is 1. The van der Waals surface area contributed by atoms with Crippen LogP contribution in [0, 0.1) is 5.82 Å². The Morgan fingerprint density at radius 1 is 1.31 bits per heavy atom. The van der Waals surface area contributed by atoms with Gasteiger partial charge in [0.1, 0.15) is 5.82 Å². The van der Waals surface area contributed by atoms with Gasteiger partial charge >= 0.3 is 0 Å². The number of rotatable bonds is 4. The highest BCUT2D eigenvalue weighted by Crippen LogP contribution is 2.35. The summed E-state index contributed by atoms with van der Waals surface area (Å²) >= 11 is 6.72. The molecule has 134 valence electrons. The molecule has 2 aromatic carbocycles. The van der Waals surface area contributed by atoms with Crippen molar-refractivity contribution in [2.45, 2.75) is 6.54 Å². The number of imide groups is 1. The first kappa shape index (κ1) is 18.3. The summed E-state index contributed by atoms with van der Waals surface area (Å²) in [5, 5.41) is 9.26. The molecule has 0 unspecified atom stereocenters. The molecule has 1 heterocycles. The van der Waals surface area contributed by atoms with Crippen LogP contribution in [0.25, 0.3) is 6.08 Å². The number of halogens is 2. The Morgan fingerprint density at radius 3 is 2.77 bits per heavy atom. The van der Waals surface area contributed by atoms with E-state index < -0.39 is 17.0 Å². The smallest absolute Gasteiger partial charge is 0.293 e. The lowest BCUT2D eigenvalue weighted by Gasteiger charge is -2.14. The molecule has 1 fully saturated rings. The topological polar surface area (TPSA) is 66.8 Å². The van der Waals surface area contributed by atoms with Crippen LogP contribution in [0.15, 0.2) is 41.3 Å². The van der Waals surface area contributed by atoms with Crippen molar-refractivity contribution in [1.29, 1.82) is 0 Å². The van der Waals surface area contributed by atoms with Crippen LogP contribution in [0.3, 0.4) is 0 Å². The minimum absolute atomic E-state index is 0.0352. The summed E-state index contributed by atoms with van der Waals surface area (Å²) in [5.41, 5.74) is 0.665. The zero-order chi connectivity index (χ0) is 18.8. The van der Waals surface area contributed by atoms with Crippen molar-refractivity contribution >= 4 is 40.6 Å². The molecule has 0 aromatic heterocycles. The van der Waals surface area contributed by atoms with Gasteiger partial charge < -0.3 is 9.84 Å². The average Bonchev–Trinajstić information content (AvgIpc) is 2.87. The first-order valence-electron chi connectivity index (χ1n) is 7.46. The summed E-state index contributed by atoms with van der Waals surface area (Å²) in [6.45, 7) is -0.244. The monoisotopic (exact) mass is 393 g/mol. The van der Waals surface area contributed by atoms with E-state index >= 15 is 0 Å². The first-order chi connectivity index (χ1) is 12.4. The SMILES string of the molecule is COc1cc(/C=C2/SC(=O)N(Cc3c(F)cccc3Cl)C2=O)ccc1O. The van der Waals surface area contributed by atoms with Gasteiger partial charge in [-0.25, -0.2) is 4.39 Å². The third-order valence-electron chi connectivity index (χ3n) is 3.75. The maximum absolute atomic E-state index is 13.9. The molecule has 1 aliphatic rings. The Kier molecular flexibility index (Phi) is 5.20. The normalized spacial score (nSPS) is 15.8. The molecule has 1 N–H and O–H groups in total. The van der Waals surface area contributed by atoms with E-state index in [1.807, 2.05) is 0 Å². The molecule has 0 atom stereocenters. The van der Waals surface area contributed by atoms with Gasteiger partial charge in [-0.1, -0.05) is 23.7 Å². The summed E-state index contributed by atoms with van der Waals surface area (Å²) in [6, 6.07) is 8.72. The number of phenols is 1. The summed E-state index contributed by atoms with van der Waals surface area (Å²) in [4.78, 5) is 25.9. The molecular weight excluding hydrogens is 381 g/mol. The lowest BCUT2D eigenvalue weighted by atomic mass is 10.1. The van der Waals surface area contributed by atoms with Gasteiger partial charge in [0.2, 0.25) is 0 Å². The van der Waals surface area contributed by atoms with Gasteiger partial charge in [-0.2, -0.15) is 0 Å². The van der Waals surface area contributed by atoms with E-state index in [1.165, 1.54) is 43.5 Å². The summed E-state index contributed by atoms with van der Waals surface area (Å²) in [5.74, 6) is -0.904. The lowest BCUT2D eigenvalue weighted by molar-refractivity contribution is -0.123. The second kappa shape index (κ2) is 7.39.